The zero-order chi connectivity index (χ0) is 11.5. The van der Waals surface area contributed by atoms with E-state index in [4.69, 9.17) is 0 Å². The number of rotatable bonds is 2. The molecule has 2 rings (SSSR count). The second kappa shape index (κ2) is 4.18. The highest BCUT2D eigenvalue weighted by Gasteiger charge is 2.11. The number of amides is 1. The smallest absolute Gasteiger partial charge is 0.273 e. The van der Waals surface area contributed by atoms with Crippen LogP contribution in [-0.2, 0) is 0 Å². The molecule has 0 aliphatic rings. The van der Waals surface area contributed by atoms with Crippen molar-refractivity contribution in [3.63, 3.8) is 0 Å². The molecule has 1 amide bonds. The normalized spacial score (nSPS) is 10.1. The molecule has 0 aliphatic heterocycles. The number of carbonyl (C=O) groups is 1. The maximum Gasteiger partial charge on any atom is 0.273 e. The van der Waals surface area contributed by atoms with Crippen LogP contribution in [0.5, 0.6) is 0 Å². The molecule has 1 aromatic heterocycles. The average Bonchev–Trinajstić information content (AvgIpc) is 2.78. The van der Waals surface area contributed by atoms with Gasteiger partial charge in [-0.05, 0) is 18.2 Å². The summed E-state index contributed by atoms with van der Waals surface area (Å²) in [6, 6.07) is 11.4. The van der Waals surface area contributed by atoms with Crippen molar-refractivity contribution in [3.05, 3.63) is 48.3 Å². The van der Waals surface area contributed by atoms with E-state index >= 15 is 0 Å². The van der Waals surface area contributed by atoms with Gasteiger partial charge in [-0.15, -0.1) is 0 Å². The summed E-state index contributed by atoms with van der Waals surface area (Å²) in [6.45, 7) is 0. The van der Waals surface area contributed by atoms with Crippen LogP contribution in [0, 0.1) is 0 Å². The molecule has 16 heavy (non-hydrogen) atoms. The Morgan fingerprint density at radius 3 is 2.50 bits per heavy atom. The Kier molecular flexibility index (Phi) is 2.72. The standard InChI is InChI=1S/C12H13N3O/c1-14(2)12(16)11-8-9-15(13-11)10-6-4-3-5-7-10/h3-9H,1-2H3. The first kappa shape index (κ1) is 10.4. The van der Waals surface area contributed by atoms with E-state index in [-0.39, 0.29) is 5.91 Å². The van der Waals surface area contributed by atoms with Gasteiger partial charge in [-0.25, -0.2) is 4.68 Å². The molecule has 82 valence electrons. The minimum Gasteiger partial charge on any atom is -0.343 e. The Morgan fingerprint density at radius 1 is 1.19 bits per heavy atom. The molecular formula is C12H13N3O. The van der Waals surface area contributed by atoms with E-state index in [9.17, 15) is 4.79 Å². The Morgan fingerprint density at radius 2 is 1.88 bits per heavy atom. The van der Waals surface area contributed by atoms with Gasteiger partial charge >= 0.3 is 0 Å². The van der Waals surface area contributed by atoms with Crippen LogP contribution in [0.2, 0.25) is 0 Å². The third-order valence-corrected chi connectivity index (χ3v) is 2.24. The van der Waals surface area contributed by atoms with Gasteiger partial charge in [0.2, 0.25) is 0 Å². The van der Waals surface area contributed by atoms with Crippen molar-refractivity contribution in [2.75, 3.05) is 14.1 Å². The van der Waals surface area contributed by atoms with Crippen molar-refractivity contribution in [1.82, 2.24) is 14.7 Å². The number of benzene rings is 1. The summed E-state index contributed by atoms with van der Waals surface area (Å²) in [5.41, 5.74) is 1.40. The first-order valence-corrected chi connectivity index (χ1v) is 5.01. The number of hydrogen-bond acceptors (Lipinski definition) is 2. The van der Waals surface area contributed by atoms with E-state index in [1.165, 1.54) is 4.90 Å². The summed E-state index contributed by atoms with van der Waals surface area (Å²) in [5.74, 6) is -0.0883. The SMILES string of the molecule is CN(C)C(=O)c1ccn(-c2ccccc2)n1. The lowest BCUT2D eigenvalue weighted by Gasteiger charge is -2.06. The fourth-order valence-electron chi connectivity index (χ4n) is 1.39. The molecule has 0 spiro atoms. The van der Waals surface area contributed by atoms with Crippen LogP contribution >= 0.6 is 0 Å². The Labute approximate surface area is 94.1 Å². The van der Waals surface area contributed by atoms with E-state index in [1.807, 2.05) is 30.3 Å². The third kappa shape index (κ3) is 1.95. The number of carbonyl (C=O) groups excluding carboxylic acids is 1. The lowest BCUT2D eigenvalue weighted by molar-refractivity contribution is 0.0821. The molecule has 0 fully saturated rings. The largest absolute Gasteiger partial charge is 0.343 e. The molecule has 4 nitrogen and oxygen atoms in total. The van der Waals surface area contributed by atoms with Crippen LogP contribution in [-0.4, -0.2) is 34.7 Å². The molecule has 1 heterocycles. The highest BCUT2D eigenvalue weighted by atomic mass is 16.2. The van der Waals surface area contributed by atoms with Gasteiger partial charge in [-0.2, -0.15) is 5.10 Å². The van der Waals surface area contributed by atoms with Crippen LogP contribution in [0.15, 0.2) is 42.6 Å². The van der Waals surface area contributed by atoms with Crippen LogP contribution in [0.4, 0.5) is 0 Å². The predicted molar refractivity (Wildman–Crippen MR) is 61.6 cm³/mol. The van der Waals surface area contributed by atoms with Gasteiger partial charge < -0.3 is 4.90 Å². The molecule has 0 bridgehead atoms. The van der Waals surface area contributed by atoms with Gasteiger partial charge in [0.1, 0.15) is 0 Å². The molecular weight excluding hydrogens is 202 g/mol. The van der Waals surface area contributed by atoms with Gasteiger partial charge in [0.15, 0.2) is 5.69 Å². The van der Waals surface area contributed by atoms with E-state index in [0.717, 1.165) is 5.69 Å². The number of hydrogen-bond donors (Lipinski definition) is 0. The van der Waals surface area contributed by atoms with Crippen molar-refractivity contribution in [1.29, 1.82) is 0 Å². The molecule has 0 saturated carbocycles. The number of nitrogens with zero attached hydrogens (tertiary/aromatic N) is 3. The molecule has 1 aromatic carbocycles. The second-order valence-corrected chi connectivity index (χ2v) is 3.68. The molecule has 0 atom stereocenters. The molecule has 0 N–H and O–H groups in total. The fourth-order valence-corrected chi connectivity index (χ4v) is 1.39. The average molecular weight is 215 g/mol. The van der Waals surface area contributed by atoms with Crippen LogP contribution < -0.4 is 0 Å². The van der Waals surface area contributed by atoms with E-state index in [2.05, 4.69) is 5.10 Å². The van der Waals surface area contributed by atoms with Crippen molar-refractivity contribution in [2.45, 2.75) is 0 Å². The van der Waals surface area contributed by atoms with E-state index in [0.29, 0.717) is 5.69 Å². The molecule has 0 radical (unpaired) electrons. The summed E-state index contributed by atoms with van der Waals surface area (Å²) in [5, 5.41) is 4.23. The number of para-hydroxylation sites is 1. The number of aromatic nitrogens is 2. The van der Waals surface area contributed by atoms with Crippen LogP contribution in [0.3, 0.4) is 0 Å². The molecule has 0 unspecified atom stereocenters. The van der Waals surface area contributed by atoms with Crippen molar-refractivity contribution in [3.8, 4) is 5.69 Å². The highest BCUT2D eigenvalue weighted by molar-refractivity contribution is 5.91. The summed E-state index contributed by atoms with van der Waals surface area (Å²) in [6.07, 6.45) is 1.78. The van der Waals surface area contributed by atoms with Crippen molar-refractivity contribution >= 4 is 5.91 Å². The topological polar surface area (TPSA) is 38.1 Å². The Hall–Kier alpha value is -2.10. The van der Waals surface area contributed by atoms with Gasteiger partial charge in [-0.3, -0.25) is 4.79 Å². The Bertz CT molecular complexity index is 488. The lowest BCUT2D eigenvalue weighted by Crippen LogP contribution is -2.22. The molecule has 0 saturated heterocycles. The minimum atomic E-state index is -0.0883. The van der Waals surface area contributed by atoms with Gasteiger partial charge in [-0.1, -0.05) is 18.2 Å². The monoisotopic (exact) mass is 215 g/mol. The lowest BCUT2D eigenvalue weighted by atomic mass is 10.3. The van der Waals surface area contributed by atoms with Gasteiger partial charge in [0, 0.05) is 20.3 Å². The summed E-state index contributed by atoms with van der Waals surface area (Å²) in [4.78, 5) is 13.2. The molecule has 2 aromatic rings. The van der Waals surface area contributed by atoms with Gasteiger partial charge in [0.25, 0.3) is 5.91 Å². The summed E-state index contributed by atoms with van der Waals surface area (Å²) in [7, 11) is 3.42. The minimum absolute atomic E-state index is 0.0883. The zero-order valence-electron chi connectivity index (χ0n) is 9.29. The van der Waals surface area contributed by atoms with Gasteiger partial charge in [0.05, 0.1) is 5.69 Å². The van der Waals surface area contributed by atoms with Crippen LogP contribution in [0.25, 0.3) is 5.69 Å². The van der Waals surface area contributed by atoms with Crippen LogP contribution in [0.1, 0.15) is 10.5 Å². The first-order valence-electron chi connectivity index (χ1n) is 5.01. The first-order chi connectivity index (χ1) is 7.68. The maximum atomic E-state index is 11.6. The summed E-state index contributed by atoms with van der Waals surface area (Å²) < 4.78 is 1.69. The molecule has 0 aliphatic carbocycles. The van der Waals surface area contributed by atoms with E-state index < -0.39 is 0 Å². The van der Waals surface area contributed by atoms with E-state index in [1.54, 1.807) is 31.0 Å². The third-order valence-electron chi connectivity index (χ3n) is 2.24. The summed E-state index contributed by atoms with van der Waals surface area (Å²) >= 11 is 0. The second-order valence-electron chi connectivity index (χ2n) is 3.68. The quantitative estimate of drug-likeness (QED) is 0.762. The fraction of sp³-hybridized carbons (Fsp3) is 0.167. The van der Waals surface area contributed by atoms with Crippen molar-refractivity contribution in [2.24, 2.45) is 0 Å². The maximum absolute atomic E-state index is 11.6. The molecule has 4 heteroatoms. The Balaban J connectivity index is 2.30. The highest BCUT2D eigenvalue weighted by Crippen LogP contribution is 2.07. The zero-order valence-corrected chi connectivity index (χ0v) is 9.29. The predicted octanol–water partition coefficient (Wildman–Crippen LogP) is 1.57. The van der Waals surface area contributed by atoms with Crippen molar-refractivity contribution < 1.29 is 4.79 Å².